The van der Waals surface area contributed by atoms with Gasteiger partial charge >= 0.3 is 0 Å². The van der Waals surface area contributed by atoms with Crippen molar-refractivity contribution < 1.29 is 14.4 Å². The molecule has 0 spiro atoms. The zero-order valence-corrected chi connectivity index (χ0v) is 18.4. The van der Waals surface area contributed by atoms with E-state index in [0.29, 0.717) is 43.1 Å². The van der Waals surface area contributed by atoms with Crippen molar-refractivity contribution in [2.45, 2.75) is 19.9 Å². The van der Waals surface area contributed by atoms with Crippen LogP contribution in [-0.2, 0) is 4.79 Å². The Morgan fingerprint density at radius 2 is 1.48 bits per heavy atom. The maximum atomic E-state index is 13.1. The first-order chi connectivity index (χ1) is 15.9. The molecule has 1 aromatic carbocycles. The lowest BCUT2D eigenvalue weighted by Gasteiger charge is -2.37. The number of aryl methyl sites for hydroxylation is 1. The van der Waals surface area contributed by atoms with Gasteiger partial charge in [-0.2, -0.15) is 5.10 Å². The number of aromatic nitrogens is 4. The zero-order valence-electron chi connectivity index (χ0n) is 18.4. The third-order valence-corrected chi connectivity index (χ3v) is 6.08. The number of amides is 3. The third-order valence-electron chi connectivity index (χ3n) is 6.08. The lowest BCUT2D eigenvalue weighted by molar-refractivity contribution is -0.135. The van der Waals surface area contributed by atoms with E-state index < -0.39 is 17.9 Å². The van der Waals surface area contributed by atoms with Gasteiger partial charge < -0.3 is 9.80 Å². The van der Waals surface area contributed by atoms with E-state index >= 15 is 0 Å². The summed E-state index contributed by atoms with van der Waals surface area (Å²) in [7, 11) is 0. The van der Waals surface area contributed by atoms with E-state index in [4.69, 9.17) is 0 Å². The smallest absolute Gasteiger partial charge is 0.262 e. The lowest BCUT2D eigenvalue weighted by Crippen LogP contribution is -2.55. The molecule has 10 heteroatoms. The van der Waals surface area contributed by atoms with Crippen molar-refractivity contribution in [2.24, 2.45) is 0 Å². The topological polar surface area (TPSA) is 105 Å². The van der Waals surface area contributed by atoms with Crippen LogP contribution in [0.25, 0.3) is 5.82 Å². The molecule has 0 saturated carbocycles. The van der Waals surface area contributed by atoms with Crippen molar-refractivity contribution in [1.82, 2.24) is 29.8 Å². The highest BCUT2D eigenvalue weighted by Crippen LogP contribution is 2.25. The van der Waals surface area contributed by atoms with Gasteiger partial charge in [-0.3, -0.25) is 19.3 Å². The summed E-state index contributed by atoms with van der Waals surface area (Å²) in [6, 6.07) is 11.4. The molecule has 4 heterocycles. The minimum atomic E-state index is -0.861. The van der Waals surface area contributed by atoms with Crippen LogP contribution in [0.1, 0.15) is 33.3 Å². The molecule has 3 amide bonds. The van der Waals surface area contributed by atoms with Crippen molar-refractivity contribution in [3.63, 3.8) is 0 Å². The van der Waals surface area contributed by atoms with Gasteiger partial charge in [0.25, 0.3) is 11.8 Å². The summed E-state index contributed by atoms with van der Waals surface area (Å²) in [5, 5.41) is 12.9. The van der Waals surface area contributed by atoms with E-state index in [2.05, 4.69) is 20.2 Å². The van der Waals surface area contributed by atoms with Gasteiger partial charge in [0.2, 0.25) is 5.91 Å². The number of carbonyl (C=O) groups excluding carboxylic acids is 3. The molecule has 1 unspecified atom stereocenters. The van der Waals surface area contributed by atoms with Gasteiger partial charge in [-0.25, -0.2) is 4.68 Å². The van der Waals surface area contributed by atoms with Crippen LogP contribution in [0.3, 0.4) is 0 Å². The minimum absolute atomic E-state index is 0.236. The van der Waals surface area contributed by atoms with E-state index in [1.165, 1.54) is 0 Å². The highest BCUT2D eigenvalue weighted by molar-refractivity contribution is 6.22. The molecule has 0 bridgehead atoms. The Labute approximate surface area is 190 Å². The standard InChI is InChI=1S/C23H23N7O3/c1-15-9-10-29(26-15)20-8-7-19(24-25-20)27-11-13-28(14-12-27)21(31)16(2)30-22(32)17-5-3-4-6-18(17)23(30)33/h3-10,16H,11-14H2,1-2H3. The first kappa shape index (κ1) is 20.8. The number of piperazine rings is 1. The van der Waals surface area contributed by atoms with E-state index in [-0.39, 0.29) is 5.91 Å². The van der Waals surface area contributed by atoms with Crippen molar-refractivity contribution in [3.8, 4) is 5.82 Å². The first-order valence-electron chi connectivity index (χ1n) is 10.8. The van der Waals surface area contributed by atoms with Crippen LogP contribution in [0.2, 0.25) is 0 Å². The summed E-state index contributed by atoms with van der Waals surface area (Å²) in [5.74, 6) is 0.286. The molecule has 2 aromatic heterocycles. The van der Waals surface area contributed by atoms with Crippen LogP contribution in [0, 0.1) is 6.92 Å². The molecule has 0 N–H and O–H groups in total. The molecule has 0 radical (unpaired) electrons. The van der Waals surface area contributed by atoms with Crippen LogP contribution < -0.4 is 4.90 Å². The quantitative estimate of drug-likeness (QED) is 0.558. The molecule has 2 aliphatic rings. The summed E-state index contributed by atoms with van der Waals surface area (Å²) < 4.78 is 1.67. The SMILES string of the molecule is Cc1ccn(-c2ccc(N3CCN(C(=O)C(C)N4C(=O)c5ccccc5C4=O)CC3)nn2)n1. The van der Waals surface area contributed by atoms with E-state index in [0.717, 1.165) is 16.4 Å². The Balaban J connectivity index is 1.22. The first-order valence-corrected chi connectivity index (χ1v) is 10.8. The number of rotatable bonds is 4. The molecule has 168 valence electrons. The summed E-state index contributed by atoms with van der Waals surface area (Å²) in [6.45, 7) is 5.61. The molecule has 2 aliphatic heterocycles. The highest BCUT2D eigenvalue weighted by Gasteiger charge is 2.42. The number of anilines is 1. The maximum absolute atomic E-state index is 13.1. The van der Waals surface area contributed by atoms with Gasteiger partial charge in [-0.1, -0.05) is 12.1 Å². The molecule has 3 aromatic rings. The Hall–Kier alpha value is -4.08. The highest BCUT2D eigenvalue weighted by atomic mass is 16.2. The average molecular weight is 445 g/mol. The number of nitrogens with zero attached hydrogens (tertiary/aromatic N) is 7. The van der Waals surface area contributed by atoms with E-state index in [1.54, 1.807) is 40.8 Å². The molecular weight excluding hydrogens is 422 g/mol. The molecule has 0 aliphatic carbocycles. The largest absolute Gasteiger partial charge is 0.352 e. The Morgan fingerprint density at radius 1 is 0.879 bits per heavy atom. The summed E-state index contributed by atoms with van der Waals surface area (Å²) in [6.07, 6.45) is 1.83. The zero-order chi connectivity index (χ0) is 23.1. The van der Waals surface area contributed by atoms with Crippen molar-refractivity contribution in [1.29, 1.82) is 0 Å². The minimum Gasteiger partial charge on any atom is -0.352 e. The Morgan fingerprint density at radius 3 is 2.03 bits per heavy atom. The Bertz CT molecular complexity index is 1190. The second kappa shape index (κ2) is 8.12. The lowest BCUT2D eigenvalue weighted by atomic mass is 10.1. The molecule has 33 heavy (non-hydrogen) atoms. The van der Waals surface area contributed by atoms with Crippen molar-refractivity contribution >= 4 is 23.5 Å². The fourth-order valence-electron chi connectivity index (χ4n) is 4.24. The molecule has 10 nitrogen and oxygen atoms in total. The second-order valence-corrected chi connectivity index (χ2v) is 8.17. The van der Waals surface area contributed by atoms with Crippen LogP contribution in [0.15, 0.2) is 48.7 Å². The van der Waals surface area contributed by atoms with Gasteiger partial charge in [0, 0.05) is 32.4 Å². The van der Waals surface area contributed by atoms with Gasteiger partial charge in [-0.05, 0) is 44.2 Å². The van der Waals surface area contributed by atoms with E-state index in [9.17, 15) is 14.4 Å². The monoisotopic (exact) mass is 445 g/mol. The molecule has 1 saturated heterocycles. The molecule has 1 atom stereocenters. The van der Waals surface area contributed by atoms with Crippen molar-refractivity contribution in [2.75, 3.05) is 31.1 Å². The van der Waals surface area contributed by atoms with Gasteiger partial charge in [0.15, 0.2) is 11.6 Å². The molecule has 5 rings (SSSR count). The van der Waals surface area contributed by atoms with E-state index in [1.807, 2.05) is 31.3 Å². The van der Waals surface area contributed by atoms with Gasteiger partial charge in [-0.15, -0.1) is 10.2 Å². The van der Waals surface area contributed by atoms with Crippen LogP contribution in [-0.4, -0.2) is 79.7 Å². The fraction of sp³-hybridized carbons (Fsp3) is 0.304. The van der Waals surface area contributed by atoms with Crippen LogP contribution in [0.5, 0.6) is 0 Å². The summed E-state index contributed by atoms with van der Waals surface area (Å²) in [4.78, 5) is 43.3. The predicted molar refractivity (Wildman–Crippen MR) is 119 cm³/mol. The number of benzene rings is 1. The average Bonchev–Trinajstić information content (AvgIpc) is 3.39. The normalized spacial score (nSPS) is 16.8. The van der Waals surface area contributed by atoms with Crippen molar-refractivity contribution in [3.05, 3.63) is 65.5 Å². The molecule has 1 fully saturated rings. The number of carbonyl (C=O) groups is 3. The second-order valence-electron chi connectivity index (χ2n) is 8.17. The summed E-state index contributed by atoms with van der Waals surface area (Å²) in [5.41, 5.74) is 1.59. The Kier molecular flexibility index (Phi) is 5.12. The summed E-state index contributed by atoms with van der Waals surface area (Å²) >= 11 is 0. The molecular formula is C23H23N7O3. The van der Waals surface area contributed by atoms with Crippen LogP contribution in [0.4, 0.5) is 5.82 Å². The van der Waals surface area contributed by atoms with Gasteiger partial charge in [0.05, 0.1) is 16.8 Å². The predicted octanol–water partition coefficient (Wildman–Crippen LogP) is 1.30. The third kappa shape index (κ3) is 3.63. The fourth-order valence-corrected chi connectivity index (χ4v) is 4.24. The number of hydrogen-bond donors (Lipinski definition) is 0. The van der Waals surface area contributed by atoms with Crippen LogP contribution >= 0.6 is 0 Å². The maximum Gasteiger partial charge on any atom is 0.262 e. The van der Waals surface area contributed by atoms with Gasteiger partial charge in [0.1, 0.15) is 6.04 Å². The number of hydrogen-bond acceptors (Lipinski definition) is 7. The number of imide groups is 1. The number of fused-ring (bicyclic) bond motifs is 1.